The SMILES string of the molecule is C=C(C)OC(C(F)(F)F)C(F)(F)C(O)(C(F)F)C(F)(F)F. The molecule has 0 aromatic heterocycles. The van der Waals surface area contributed by atoms with Crippen molar-refractivity contribution in [2.45, 2.75) is 43.3 Å². The fourth-order valence-corrected chi connectivity index (χ4v) is 1.21. The van der Waals surface area contributed by atoms with Crippen molar-refractivity contribution in [2.75, 3.05) is 0 Å². The highest BCUT2D eigenvalue weighted by atomic mass is 19.4. The number of aliphatic hydroxyl groups is 1. The van der Waals surface area contributed by atoms with Crippen LogP contribution in [0.5, 0.6) is 0 Å². The molecule has 0 fully saturated rings. The molecule has 0 aliphatic heterocycles. The van der Waals surface area contributed by atoms with E-state index in [1.807, 2.05) is 0 Å². The molecule has 0 radical (unpaired) electrons. The van der Waals surface area contributed by atoms with Gasteiger partial charge in [-0.1, -0.05) is 6.58 Å². The van der Waals surface area contributed by atoms with Crippen LogP contribution in [-0.2, 0) is 4.74 Å². The highest BCUT2D eigenvalue weighted by Gasteiger charge is 2.81. The Morgan fingerprint density at radius 2 is 1.38 bits per heavy atom. The number of alkyl halides is 10. The lowest BCUT2D eigenvalue weighted by Crippen LogP contribution is -2.70. The van der Waals surface area contributed by atoms with E-state index < -0.39 is 42.2 Å². The standard InChI is InChI=1S/C9H8F10O2/c1-3(2)21-4(8(14,15)16)7(12,13)6(20,5(10)11)9(17,18)19/h4-5,20H,1H2,2H3. The fraction of sp³-hybridized carbons (Fsp3) is 0.778. The molecular formula is C9H8F10O2. The van der Waals surface area contributed by atoms with Crippen LogP contribution in [0.2, 0.25) is 0 Å². The number of hydrogen-bond donors (Lipinski definition) is 1. The molecule has 0 saturated heterocycles. The van der Waals surface area contributed by atoms with Crippen LogP contribution in [-0.4, -0.2) is 41.5 Å². The Hall–Kier alpha value is -1.20. The van der Waals surface area contributed by atoms with Gasteiger partial charge in [0.15, 0.2) is 0 Å². The van der Waals surface area contributed by atoms with Gasteiger partial charge >= 0.3 is 18.3 Å². The third-order valence-electron chi connectivity index (χ3n) is 2.20. The van der Waals surface area contributed by atoms with E-state index in [9.17, 15) is 43.9 Å². The maximum Gasteiger partial charge on any atom is 0.431 e. The molecule has 0 aromatic carbocycles. The summed E-state index contributed by atoms with van der Waals surface area (Å²) in [7, 11) is 0. The van der Waals surface area contributed by atoms with E-state index in [0.717, 1.165) is 0 Å². The van der Waals surface area contributed by atoms with Gasteiger partial charge in [-0.2, -0.15) is 35.1 Å². The zero-order valence-corrected chi connectivity index (χ0v) is 10.00. The Balaban J connectivity index is 6.12. The van der Waals surface area contributed by atoms with E-state index in [0.29, 0.717) is 6.92 Å². The monoisotopic (exact) mass is 338 g/mol. The van der Waals surface area contributed by atoms with Gasteiger partial charge in [-0.15, -0.1) is 0 Å². The van der Waals surface area contributed by atoms with Crippen LogP contribution in [0.25, 0.3) is 0 Å². The minimum Gasteiger partial charge on any atom is -0.480 e. The molecule has 126 valence electrons. The molecule has 0 amide bonds. The first kappa shape index (κ1) is 19.8. The third-order valence-corrected chi connectivity index (χ3v) is 2.20. The molecule has 0 heterocycles. The molecule has 1 N–H and O–H groups in total. The molecule has 0 aliphatic rings. The van der Waals surface area contributed by atoms with Crippen LogP contribution in [0, 0.1) is 0 Å². The van der Waals surface area contributed by atoms with Crippen molar-refractivity contribution in [3.05, 3.63) is 12.3 Å². The zero-order valence-electron chi connectivity index (χ0n) is 10.00. The van der Waals surface area contributed by atoms with Gasteiger partial charge in [-0.3, -0.25) is 0 Å². The van der Waals surface area contributed by atoms with Crippen molar-refractivity contribution >= 4 is 0 Å². The summed E-state index contributed by atoms with van der Waals surface area (Å²) in [5, 5.41) is 8.56. The number of rotatable bonds is 5. The van der Waals surface area contributed by atoms with E-state index >= 15 is 0 Å². The highest BCUT2D eigenvalue weighted by Crippen LogP contribution is 2.51. The molecule has 0 aliphatic carbocycles. The summed E-state index contributed by atoms with van der Waals surface area (Å²) in [4.78, 5) is 0. The zero-order chi connectivity index (χ0) is 17.4. The molecule has 2 nitrogen and oxygen atoms in total. The van der Waals surface area contributed by atoms with Gasteiger partial charge in [-0.25, -0.2) is 8.78 Å². The van der Waals surface area contributed by atoms with Crippen LogP contribution in [0.1, 0.15) is 6.92 Å². The van der Waals surface area contributed by atoms with E-state index in [1.165, 1.54) is 0 Å². The molecule has 2 unspecified atom stereocenters. The summed E-state index contributed by atoms with van der Waals surface area (Å²) in [5.74, 6) is -7.55. The highest BCUT2D eigenvalue weighted by molar-refractivity contribution is 5.08. The van der Waals surface area contributed by atoms with Crippen LogP contribution in [0.3, 0.4) is 0 Å². The second-order valence-corrected chi connectivity index (χ2v) is 3.93. The van der Waals surface area contributed by atoms with Crippen LogP contribution < -0.4 is 0 Å². The fourth-order valence-electron chi connectivity index (χ4n) is 1.21. The van der Waals surface area contributed by atoms with Crippen LogP contribution in [0.4, 0.5) is 43.9 Å². The molecule has 0 aromatic rings. The van der Waals surface area contributed by atoms with Crippen molar-refractivity contribution in [3.8, 4) is 0 Å². The molecule has 0 spiro atoms. The van der Waals surface area contributed by atoms with E-state index in [1.54, 1.807) is 0 Å². The molecule has 12 heteroatoms. The predicted octanol–water partition coefficient (Wildman–Crippen LogP) is 3.66. The van der Waals surface area contributed by atoms with Crippen molar-refractivity contribution < 1.29 is 53.7 Å². The molecule has 2 atom stereocenters. The summed E-state index contributed by atoms with van der Waals surface area (Å²) in [5.41, 5.74) is -6.25. The number of ether oxygens (including phenoxy) is 1. The molecular weight excluding hydrogens is 330 g/mol. The van der Waals surface area contributed by atoms with Gasteiger partial charge in [-0.05, 0) is 6.92 Å². The molecule has 21 heavy (non-hydrogen) atoms. The normalized spacial score (nSPS) is 18.3. The second-order valence-electron chi connectivity index (χ2n) is 3.93. The molecule has 0 bridgehead atoms. The number of halogens is 10. The average Bonchev–Trinajstić information content (AvgIpc) is 2.20. The van der Waals surface area contributed by atoms with Gasteiger partial charge in [0.2, 0.25) is 0 Å². The Morgan fingerprint density at radius 3 is 1.57 bits per heavy atom. The largest absolute Gasteiger partial charge is 0.480 e. The van der Waals surface area contributed by atoms with Gasteiger partial charge in [0.05, 0.1) is 5.76 Å². The third kappa shape index (κ3) is 3.52. The van der Waals surface area contributed by atoms with Gasteiger partial charge in [0.1, 0.15) is 0 Å². The summed E-state index contributed by atoms with van der Waals surface area (Å²) >= 11 is 0. The lowest BCUT2D eigenvalue weighted by atomic mass is 9.90. The Labute approximate surface area is 111 Å². The van der Waals surface area contributed by atoms with Crippen LogP contribution in [0.15, 0.2) is 12.3 Å². The summed E-state index contributed by atoms with van der Waals surface area (Å²) in [6, 6.07) is 0. The average molecular weight is 338 g/mol. The van der Waals surface area contributed by atoms with Crippen molar-refractivity contribution in [3.63, 3.8) is 0 Å². The number of hydrogen-bond acceptors (Lipinski definition) is 2. The first-order valence-electron chi connectivity index (χ1n) is 4.83. The van der Waals surface area contributed by atoms with Gasteiger partial charge in [0, 0.05) is 0 Å². The Bertz CT molecular complexity index is 385. The van der Waals surface area contributed by atoms with Crippen LogP contribution >= 0.6 is 0 Å². The second kappa shape index (κ2) is 5.54. The minimum absolute atomic E-state index is 0.573. The molecule has 0 saturated carbocycles. The summed E-state index contributed by atoms with van der Waals surface area (Å²) in [6.45, 7) is 3.18. The topological polar surface area (TPSA) is 29.5 Å². The lowest BCUT2D eigenvalue weighted by Gasteiger charge is -2.40. The van der Waals surface area contributed by atoms with Crippen molar-refractivity contribution in [2.24, 2.45) is 0 Å². The Morgan fingerprint density at radius 1 is 1.00 bits per heavy atom. The van der Waals surface area contributed by atoms with Gasteiger partial charge < -0.3 is 9.84 Å². The quantitative estimate of drug-likeness (QED) is 0.612. The smallest absolute Gasteiger partial charge is 0.431 e. The maximum atomic E-state index is 13.4. The minimum atomic E-state index is -6.76. The van der Waals surface area contributed by atoms with Crippen molar-refractivity contribution in [1.82, 2.24) is 0 Å². The lowest BCUT2D eigenvalue weighted by molar-refractivity contribution is -0.402. The predicted molar refractivity (Wildman–Crippen MR) is 47.7 cm³/mol. The number of allylic oxidation sites excluding steroid dienone is 1. The maximum absolute atomic E-state index is 13.4. The van der Waals surface area contributed by atoms with E-state index in [2.05, 4.69) is 11.3 Å². The van der Waals surface area contributed by atoms with Crippen molar-refractivity contribution in [1.29, 1.82) is 0 Å². The first-order chi connectivity index (χ1) is 8.99. The van der Waals surface area contributed by atoms with E-state index in [-0.39, 0.29) is 0 Å². The van der Waals surface area contributed by atoms with Gasteiger partial charge in [0.25, 0.3) is 18.1 Å². The van der Waals surface area contributed by atoms with E-state index in [4.69, 9.17) is 5.11 Å². The summed E-state index contributed by atoms with van der Waals surface area (Å²) < 4.78 is 129. The Kier molecular flexibility index (Phi) is 5.22. The molecule has 0 rings (SSSR count). The summed E-state index contributed by atoms with van der Waals surface area (Å²) in [6.07, 6.45) is -22.9. The first-order valence-corrected chi connectivity index (χ1v) is 4.83.